The van der Waals surface area contributed by atoms with Crippen LogP contribution >= 0.6 is 12.6 Å². The van der Waals surface area contributed by atoms with Gasteiger partial charge >= 0.3 is 0 Å². The maximum atomic E-state index is 5.92. The number of rotatable bonds is 6. The van der Waals surface area contributed by atoms with E-state index in [9.17, 15) is 0 Å². The van der Waals surface area contributed by atoms with E-state index < -0.39 is 0 Å². The molecule has 0 aliphatic rings. The maximum absolute atomic E-state index is 5.92. The number of thiol groups is 1. The second-order valence-corrected chi connectivity index (χ2v) is 6.81. The summed E-state index contributed by atoms with van der Waals surface area (Å²) < 4.78 is 11.7. The molecule has 0 saturated heterocycles. The van der Waals surface area contributed by atoms with Gasteiger partial charge in [-0.25, -0.2) is 15.0 Å². The quantitative estimate of drug-likeness (QED) is 0.377. The second-order valence-electron chi connectivity index (χ2n) is 6.24. The Kier molecular flexibility index (Phi) is 4.85. The number of hydrogen-bond acceptors (Lipinski definition) is 6. The van der Waals surface area contributed by atoms with Gasteiger partial charge in [-0.05, 0) is 30.0 Å². The van der Waals surface area contributed by atoms with Crippen LogP contribution in [0.5, 0.6) is 11.5 Å². The molecule has 0 fully saturated rings. The summed E-state index contributed by atoms with van der Waals surface area (Å²) in [5, 5.41) is 2.01. The number of nitrogens with zero attached hydrogens (tertiary/aromatic N) is 3. The first kappa shape index (κ1) is 17.6. The average Bonchev–Trinajstić information content (AvgIpc) is 3.11. The lowest BCUT2D eigenvalue weighted by molar-refractivity contribution is 0.278. The van der Waals surface area contributed by atoms with E-state index in [0.29, 0.717) is 11.5 Å². The van der Waals surface area contributed by atoms with Crippen LogP contribution in [0.25, 0.3) is 33.3 Å². The Morgan fingerprint density at radius 2 is 2.07 bits per heavy atom. The van der Waals surface area contributed by atoms with Crippen molar-refractivity contribution in [1.29, 1.82) is 0 Å². The summed E-state index contributed by atoms with van der Waals surface area (Å²) in [7, 11) is 1.66. The highest BCUT2D eigenvalue weighted by Gasteiger charge is 2.15. The number of nitrogens with one attached hydrogen (secondary N) is 1. The molecule has 0 amide bonds. The SMILES string of the molecule is CCCC(S)Oc1ccc2ccc(-c3nc4ncncc4[nH]3)c(OC)c2c1. The highest BCUT2D eigenvalue weighted by Crippen LogP contribution is 2.38. The summed E-state index contributed by atoms with van der Waals surface area (Å²) in [6.45, 7) is 2.11. The van der Waals surface area contributed by atoms with Gasteiger partial charge in [0.25, 0.3) is 0 Å². The number of hydrogen-bond donors (Lipinski definition) is 2. The molecule has 0 spiro atoms. The van der Waals surface area contributed by atoms with Crippen molar-refractivity contribution in [3.8, 4) is 22.9 Å². The standard InChI is InChI=1S/C20H20N4O2S/c1-3-4-17(27)26-13-7-5-12-6-8-14(18(25-2)15(12)9-13)19-23-16-10-21-11-22-20(16)24-19/h5-11,17,27H,3-4H2,1-2H3,(H,21,22,23,24). The molecule has 2 heterocycles. The average molecular weight is 380 g/mol. The molecule has 1 atom stereocenters. The summed E-state index contributed by atoms with van der Waals surface area (Å²) in [4.78, 5) is 16.0. The summed E-state index contributed by atoms with van der Waals surface area (Å²) in [6, 6.07) is 10.00. The highest BCUT2D eigenvalue weighted by atomic mass is 32.1. The lowest BCUT2D eigenvalue weighted by Gasteiger charge is -2.15. The topological polar surface area (TPSA) is 72.9 Å². The molecule has 1 N–H and O–H groups in total. The first-order chi connectivity index (χ1) is 13.2. The predicted octanol–water partition coefficient (Wildman–Crippen LogP) is 4.62. The third kappa shape index (κ3) is 3.42. The van der Waals surface area contributed by atoms with Crippen LogP contribution in [-0.4, -0.2) is 32.5 Å². The van der Waals surface area contributed by atoms with Crippen LogP contribution in [-0.2, 0) is 0 Å². The molecule has 0 radical (unpaired) electrons. The smallest absolute Gasteiger partial charge is 0.181 e. The number of fused-ring (bicyclic) bond motifs is 2. The Balaban J connectivity index is 1.81. The molecule has 1 unspecified atom stereocenters. The molecule has 4 aromatic rings. The zero-order chi connectivity index (χ0) is 18.8. The summed E-state index contributed by atoms with van der Waals surface area (Å²) in [5.74, 6) is 2.19. The van der Waals surface area contributed by atoms with E-state index in [1.54, 1.807) is 13.3 Å². The largest absolute Gasteiger partial charge is 0.495 e. The van der Waals surface area contributed by atoms with Gasteiger partial charge in [-0.15, -0.1) is 12.6 Å². The highest BCUT2D eigenvalue weighted by molar-refractivity contribution is 7.80. The van der Waals surface area contributed by atoms with Gasteiger partial charge in [-0.3, -0.25) is 0 Å². The van der Waals surface area contributed by atoms with E-state index in [2.05, 4.69) is 39.5 Å². The van der Waals surface area contributed by atoms with Crippen molar-refractivity contribution in [3.05, 3.63) is 42.9 Å². The van der Waals surface area contributed by atoms with Gasteiger partial charge in [0.1, 0.15) is 34.6 Å². The zero-order valence-electron chi connectivity index (χ0n) is 15.1. The van der Waals surface area contributed by atoms with Crippen LogP contribution in [0.2, 0.25) is 0 Å². The van der Waals surface area contributed by atoms with Crippen LogP contribution in [0.3, 0.4) is 0 Å². The lowest BCUT2D eigenvalue weighted by Crippen LogP contribution is -2.07. The van der Waals surface area contributed by atoms with E-state index in [4.69, 9.17) is 9.47 Å². The molecule has 7 heteroatoms. The fourth-order valence-corrected chi connectivity index (χ4v) is 3.48. The van der Waals surface area contributed by atoms with Crippen molar-refractivity contribution < 1.29 is 9.47 Å². The van der Waals surface area contributed by atoms with Crippen molar-refractivity contribution in [3.63, 3.8) is 0 Å². The number of imidazole rings is 1. The molecule has 2 aromatic carbocycles. The Hall–Kier alpha value is -2.80. The molecular weight excluding hydrogens is 360 g/mol. The van der Waals surface area contributed by atoms with Crippen molar-refractivity contribution >= 4 is 34.6 Å². The van der Waals surface area contributed by atoms with Crippen LogP contribution in [0.15, 0.2) is 42.9 Å². The Labute approximate surface area is 162 Å². The van der Waals surface area contributed by atoms with Crippen LogP contribution in [0.4, 0.5) is 0 Å². The number of methoxy groups -OCH3 is 1. The molecule has 0 saturated carbocycles. The fraction of sp³-hybridized carbons (Fsp3) is 0.250. The van der Waals surface area contributed by atoms with E-state index >= 15 is 0 Å². The van der Waals surface area contributed by atoms with Gasteiger partial charge in [-0.2, -0.15) is 0 Å². The summed E-state index contributed by atoms with van der Waals surface area (Å²) in [6.07, 6.45) is 5.10. The Morgan fingerprint density at radius 1 is 1.22 bits per heavy atom. The molecule has 0 aliphatic heterocycles. The van der Waals surface area contributed by atoms with Crippen molar-refractivity contribution in [2.24, 2.45) is 0 Å². The van der Waals surface area contributed by atoms with Crippen molar-refractivity contribution in [1.82, 2.24) is 19.9 Å². The van der Waals surface area contributed by atoms with Crippen LogP contribution in [0, 0.1) is 0 Å². The zero-order valence-corrected chi connectivity index (χ0v) is 16.0. The van der Waals surface area contributed by atoms with Gasteiger partial charge in [0.15, 0.2) is 5.65 Å². The van der Waals surface area contributed by atoms with E-state index in [1.807, 2.05) is 30.3 Å². The van der Waals surface area contributed by atoms with Gasteiger partial charge in [0, 0.05) is 5.39 Å². The maximum Gasteiger partial charge on any atom is 0.181 e. The molecule has 27 heavy (non-hydrogen) atoms. The lowest BCUT2D eigenvalue weighted by atomic mass is 10.0. The molecule has 138 valence electrons. The summed E-state index contributed by atoms with van der Waals surface area (Å²) in [5.41, 5.74) is 2.13. The number of aromatic amines is 1. The number of H-pyrrole nitrogens is 1. The van der Waals surface area contributed by atoms with Gasteiger partial charge in [-0.1, -0.05) is 25.5 Å². The first-order valence-corrected chi connectivity index (χ1v) is 9.32. The Morgan fingerprint density at radius 3 is 2.85 bits per heavy atom. The number of ether oxygens (including phenoxy) is 2. The molecule has 0 bridgehead atoms. The van der Waals surface area contributed by atoms with E-state index in [-0.39, 0.29) is 5.44 Å². The van der Waals surface area contributed by atoms with Crippen LogP contribution in [0.1, 0.15) is 19.8 Å². The molecule has 2 aromatic heterocycles. The second kappa shape index (κ2) is 7.44. The number of aromatic nitrogens is 4. The monoisotopic (exact) mass is 380 g/mol. The predicted molar refractivity (Wildman–Crippen MR) is 109 cm³/mol. The minimum Gasteiger partial charge on any atom is -0.495 e. The minimum atomic E-state index is -0.129. The van der Waals surface area contributed by atoms with E-state index in [0.717, 1.165) is 46.2 Å². The first-order valence-electron chi connectivity index (χ1n) is 8.81. The molecule has 6 nitrogen and oxygen atoms in total. The summed E-state index contributed by atoms with van der Waals surface area (Å²) >= 11 is 4.49. The number of benzene rings is 2. The molecular formula is C20H20N4O2S. The minimum absolute atomic E-state index is 0.129. The van der Waals surface area contributed by atoms with Crippen LogP contribution < -0.4 is 9.47 Å². The normalized spacial score (nSPS) is 12.4. The Bertz CT molecular complexity index is 1060. The molecule has 4 rings (SSSR count). The molecule has 0 aliphatic carbocycles. The third-order valence-electron chi connectivity index (χ3n) is 4.37. The van der Waals surface area contributed by atoms with E-state index in [1.165, 1.54) is 6.33 Å². The third-order valence-corrected chi connectivity index (χ3v) is 4.74. The van der Waals surface area contributed by atoms with Gasteiger partial charge in [0.2, 0.25) is 0 Å². The van der Waals surface area contributed by atoms with Crippen molar-refractivity contribution in [2.45, 2.75) is 25.2 Å². The van der Waals surface area contributed by atoms with Crippen molar-refractivity contribution in [2.75, 3.05) is 7.11 Å². The van der Waals surface area contributed by atoms with Gasteiger partial charge in [0.05, 0.1) is 18.9 Å². The fourth-order valence-electron chi connectivity index (χ4n) is 3.10. The van der Waals surface area contributed by atoms with Gasteiger partial charge < -0.3 is 14.5 Å².